The molecule has 0 saturated carbocycles. The van der Waals surface area contributed by atoms with Gasteiger partial charge in [-0.1, -0.05) is 11.6 Å². The number of hydrogen-bond donors (Lipinski definition) is 0. The standard InChI is InChI=1S/C16H22ClNO3/c1-4-21-14-9-11(2)16(17)12(3)15(14)13(19)10-18-5-7-20-8-6-18/h9H,4-8,10H2,1-3H3. The molecule has 0 radical (unpaired) electrons. The molecule has 0 N–H and O–H groups in total. The predicted molar refractivity (Wildman–Crippen MR) is 83.7 cm³/mol. The Kier molecular flexibility index (Phi) is 5.62. The molecule has 4 nitrogen and oxygen atoms in total. The van der Waals surface area contributed by atoms with E-state index in [-0.39, 0.29) is 5.78 Å². The van der Waals surface area contributed by atoms with Gasteiger partial charge in [-0.2, -0.15) is 0 Å². The van der Waals surface area contributed by atoms with E-state index in [1.807, 2.05) is 26.8 Å². The second kappa shape index (κ2) is 7.25. The largest absolute Gasteiger partial charge is 0.493 e. The molecule has 0 unspecified atom stereocenters. The van der Waals surface area contributed by atoms with Crippen molar-refractivity contribution < 1.29 is 14.3 Å². The first-order valence-corrected chi connectivity index (χ1v) is 7.68. The summed E-state index contributed by atoms with van der Waals surface area (Å²) in [5.41, 5.74) is 2.35. The maximum Gasteiger partial charge on any atom is 0.180 e. The third-order valence-electron chi connectivity index (χ3n) is 3.69. The quantitative estimate of drug-likeness (QED) is 0.784. The van der Waals surface area contributed by atoms with Crippen LogP contribution in [0.2, 0.25) is 5.02 Å². The van der Waals surface area contributed by atoms with Crippen LogP contribution in [0.1, 0.15) is 28.4 Å². The molecule has 1 heterocycles. The Morgan fingerprint density at radius 2 is 2.05 bits per heavy atom. The van der Waals surface area contributed by atoms with Gasteiger partial charge in [0.15, 0.2) is 5.78 Å². The van der Waals surface area contributed by atoms with Gasteiger partial charge < -0.3 is 9.47 Å². The average Bonchev–Trinajstić information content (AvgIpc) is 2.46. The van der Waals surface area contributed by atoms with E-state index in [0.717, 1.165) is 24.2 Å². The van der Waals surface area contributed by atoms with E-state index in [9.17, 15) is 4.79 Å². The number of nitrogens with zero attached hydrogens (tertiary/aromatic N) is 1. The van der Waals surface area contributed by atoms with Crippen molar-refractivity contribution >= 4 is 17.4 Å². The minimum absolute atomic E-state index is 0.0553. The van der Waals surface area contributed by atoms with Crippen LogP contribution in [0.5, 0.6) is 5.75 Å². The van der Waals surface area contributed by atoms with Crippen LogP contribution in [-0.4, -0.2) is 50.1 Å². The van der Waals surface area contributed by atoms with Crippen LogP contribution in [0.3, 0.4) is 0 Å². The summed E-state index contributed by atoms with van der Waals surface area (Å²) < 4.78 is 11.0. The molecule has 1 aliphatic rings. The highest BCUT2D eigenvalue weighted by Gasteiger charge is 2.22. The second-order valence-corrected chi connectivity index (χ2v) is 5.63. The van der Waals surface area contributed by atoms with E-state index in [2.05, 4.69) is 4.90 Å². The molecule has 0 atom stereocenters. The number of carbonyl (C=O) groups excluding carboxylic acids is 1. The summed E-state index contributed by atoms with van der Waals surface area (Å²) in [4.78, 5) is 14.8. The smallest absolute Gasteiger partial charge is 0.180 e. The van der Waals surface area contributed by atoms with Gasteiger partial charge in [-0.3, -0.25) is 9.69 Å². The first kappa shape index (κ1) is 16.3. The van der Waals surface area contributed by atoms with Crippen molar-refractivity contribution in [3.8, 4) is 5.75 Å². The van der Waals surface area contributed by atoms with Crippen molar-refractivity contribution in [1.82, 2.24) is 4.90 Å². The molecular formula is C16H22ClNO3. The number of ketones is 1. The van der Waals surface area contributed by atoms with Gasteiger partial charge in [-0.15, -0.1) is 0 Å². The zero-order valence-corrected chi connectivity index (χ0v) is 13.6. The molecule has 0 aliphatic carbocycles. The van der Waals surface area contributed by atoms with Crippen LogP contribution < -0.4 is 4.74 Å². The van der Waals surface area contributed by atoms with Gasteiger partial charge in [0, 0.05) is 18.1 Å². The maximum absolute atomic E-state index is 12.7. The molecule has 5 heteroatoms. The van der Waals surface area contributed by atoms with Crippen molar-refractivity contribution in [2.45, 2.75) is 20.8 Å². The third kappa shape index (κ3) is 3.76. The predicted octanol–water partition coefficient (Wildman–Crippen LogP) is 2.87. The third-order valence-corrected chi connectivity index (χ3v) is 4.28. The minimum Gasteiger partial charge on any atom is -0.493 e. The lowest BCUT2D eigenvalue weighted by Crippen LogP contribution is -2.39. The van der Waals surface area contributed by atoms with Crippen LogP contribution in [0.15, 0.2) is 6.07 Å². The molecule has 0 aromatic heterocycles. The Labute approximate surface area is 131 Å². The van der Waals surface area contributed by atoms with E-state index in [4.69, 9.17) is 21.1 Å². The lowest BCUT2D eigenvalue weighted by atomic mass is 10.00. The van der Waals surface area contributed by atoms with Gasteiger partial charge in [0.1, 0.15) is 5.75 Å². The number of aryl methyl sites for hydroxylation is 1. The Balaban J connectivity index is 2.27. The van der Waals surface area contributed by atoms with Crippen molar-refractivity contribution in [2.75, 3.05) is 39.5 Å². The van der Waals surface area contributed by atoms with Crippen molar-refractivity contribution in [3.05, 3.63) is 27.8 Å². The SMILES string of the molecule is CCOc1cc(C)c(Cl)c(C)c1C(=O)CN1CCOCC1. The Morgan fingerprint density at radius 3 is 2.67 bits per heavy atom. The molecule has 116 valence electrons. The van der Waals surface area contributed by atoms with Gasteiger partial charge in [-0.25, -0.2) is 0 Å². The molecule has 0 amide bonds. The van der Waals surface area contributed by atoms with Crippen LogP contribution >= 0.6 is 11.6 Å². The average molecular weight is 312 g/mol. The topological polar surface area (TPSA) is 38.8 Å². The fraction of sp³-hybridized carbons (Fsp3) is 0.562. The summed E-state index contributed by atoms with van der Waals surface area (Å²) in [5, 5.41) is 0.642. The summed E-state index contributed by atoms with van der Waals surface area (Å²) in [6.07, 6.45) is 0. The summed E-state index contributed by atoms with van der Waals surface area (Å²) >= 11 is 6.30. The molecule has 0 spiro atoms. The number of rotatable bonds is 5. The van der Waals surface area contributed by atoms with Crippen molar-refractivity contribution in [3.63, 3.8) is 0 Å². The van der Waals surface area contributed by atoms with E-state index in [1.165, 1.54) is 0 Å². The molecule has 1 fully saturated rings. The summed E-state index contributed by atoms with van der Waals surface area (Å²) in [6.45, 7) is 9.55. The Hall–Kier alpha value is -1.10. The number of benzene rings is 1. The Bertz CT molecular complexity index is 525. The number of carbonyl (C=O) groups is 1. The van der Waals surface area contributed by atoms with E-state index in [1.54, 1.807) is 0 Å². The van der Waals surface area contributed by atoms with Crippen LogP contribution in [0.25, 0.3) is 0 Å². The second-order valence-electron chi connectivity index (χ2n) is 5.25. The normalized spacial score (nSPS) is 16.0. The van der Waals surface area contributed by atoms with E-state index < -0.39 is 0 Å². The molecule has 0 bridgehead atoms. The van der Waals surface area contributed by atoms with Gasteiger partial charge in [0.25, 0.3) is 0 Å². The molecule has 1 saturated heterocycles. The van der Waals surface area contributed by atoms with Crippen molar-refractivity contribution in [2.24, 2.45) is 0 Å². The summed E-state index contributed by atoms with van der Waals surface area (Å²) in [7, 11) is 0. The number of hydrogen-bond acceptors (Lipinski definition) is 4. The molecule has 21 heavy (non-hydrogen) atoms. The number of ether oxygens (including phenoxy) is 2. The number of halogens is 1. The van der Waals surface area contributed by atoms with Gasteiger partial charge >= 0.3 is 0 Å². The molecule has 1 aliphatic heterocycles. The highest BCUT2D eigenvalue weighted by molar-refractivity contribution is 6.32. The lowest BCUT2D eigenvalue weighted by molar-refractivity contribution is 0.0370. The summed E-state index contributed by atoms with van der Waals surface area (Å²) in [6, 6.07) is 1.85. The monoisotopic (exact) mass is 311 g/mol. The summed E-state index contributed by atoms with van der Waals surface area (Å²) in [5.74, 6) is 0.690. The molecule has 1 aromatic carbocycles. The lowest BCUT2D eigenvalue weighted by Gasteiger charge is -2.26. The highest BCUT2D eigenvalue weighted by atomic mass is 35.5. The minimum atomic E-state index is 0.0553. The zero-order chi connectivity index (χ0) is 15.4. The molecule has 1 aromatic rings. The van der Waals surface area contributed by atoms with E-state index in [0.29, 0.717) is 42.7 Å². The number of Topliss-reactive ketones (excluding diaryl/α,β-unsaturated/α-hetero) is 1. The fourth-order valence-electron chi connectivity index (χ4n) is 2.58. The van der Waals surface area contributed by atoms with Gasteiger partial charge in [0.2, 0.25) is 0 Å². The maximum atomic E-state index is 12.7. The Morgan fingerprint density at radius 1 is 1.38 bits per heavy atom. The van der Waals surface area contributed by atoms with Crippen LogP contribution in [-0.2, 0) is 4.74 Å². The number of morpholine rings is 1. The first-order valence-electron chi connectivity index (χ1n) is 7.30. The van der Waals surface area contributed by atoms with Crippen LogP contribution in [0.4, 0.5) is 0 Å². The molecular weight excluding hydrogens is 290 g/mol. The zero-order valence-electron chi connectivity index (χ0n) is 12.9. The van der Waals surface area contributed by atoms with Gasteiger partial charge in [0.05, 0.1) is 31.9 Å². The van der Waals surface area contributed by atoms with Gasteiger partial charge in [-0.05, 0) is 38.0 Å². The van der Waals surface area contributed by atoms with E-state index >= 15 is 0 Å². The first-order chi connectivity index (χ1) is 10.0. The van der Waals surface area contributed by atoms with Crippen molar-refractivity contribution in [1.29, 1.82) is 0 Å². The fourth-order valence-corrected chi connectivity index (χ4v) is 2.73. The van der Waals surface area contributed by atoms with Crippen LogP contribution in [0, 0.1) is 13.8 Å². The highest BCUT2D eigenvalue weighted by Crippen LogP contribution is 2.32. The molecule has 2 rings (SSSR count).